The number of alkyl halides is 2. The summed E-state index contributed by atoms with van der Waals surface area (Å²) in [6, 6.07) is 8.77. The van der Waals surface area contributed by atoms with Crippen molar-refractivity contribution in [2.24, 2.45) is 0 Å². The number of hydrogen-bond acceptors (Lipinski definition) is 6. The molecule has 0 spiro atoms. The summed E-state index contributed by atoms with van der Waals surface area (Å²) in [7, 11) is 0. The van der Waals surface area contributed by atoms with E-state index in [1.165, 1.54) is 30.3 Å². The van der Waals surface area contributed by atoms with Gasteiger partial charge in [-0.25, -0.2) is 4.39 Å². The first-order valence-corrected chi connectivity index (χ1v) is 12.3. The fraction of sp³-hybridized carbons (Fsp3) is 0.444. The number of rotatable bonds is 9. The molecular weight excluding hydrogens is 505 g/mol. The Morgan fingerprint density at radius 1 is 1.13 bits per heavy atom. The minimum absolute atomic E-state index is 0.0155. The van der Waals surface area contributed by atoms with Gasteiger partial charge in [0.05, 0.1) is 35.9 Å². The van der Waals surface area contributed by atoms with Gasteiger partial charge < -0.3 is 34.7 Å². The maximum atomic E-state index is 15.3. The van der Waals surface area contributed by atoms with Crippen molar-refractivity contribution in [1.82, 2.24) is 4.57 Å². The van der Waals surface area contributed by atoms with E-state index in [2.05, 4.69) is 14.8 Å². The van der Waals surface area contributed by atoms with Crippen LogP contribution in [0, 0.1) is 5.82 Å². The quantitative estimate of drug-likeness (QED) is 0.332. The van der Waals surface area contributed by atoms with Crippen molar-refractivity contribution in [2.45, 2.75) is 62.9 Å². The number of aliphatic hydroxyl groups is 3. The molecule has 1 aliphatic carbocycles. The summed E-state index contributed by atoms with van der Waals surface area (Å²) in [5.41, 5.74) is 0.0703. The number of aromatic nitrogens is 1. The van der Waals surface area contributed by atoms with E-state index in [9.17, 15) is 28.9 Å². The lowest BCUT2D eigenvalue weighted by Crippen LogP contribution is -2.28. The molecule has 1 amide bonds. The smallest absolute Gasteiger partial charge is 0.396 e. The van der Waals surface area contributed by atoms with Gasteiger partial charge in [0, 0.05) is 29.2 Å². The molecule has 2 aliphatic rings. The van der Waals surface area contributed by atoms with Crippen molar-refractivity contribution >= 4 is 22.5 Å². The van der Waals surface area contributed by atoms with Crippen LogP contribution in [0.25, 0.3) is 10.9 Å². The number of benzene rings is 2. The Hall–Kier alpha value is -3.28. The first-order valence-electron chi connectivity index (χ1n) is 12.3. The van der Waals surface area contributed by atoms with Crippen LogP contribution in [-0.2, 0) is 22.2 Å². The fourth-order valence-electron chi connectivity index (χ4n) is 5.07. The van der Waals surface area contributed by atoms with Crippen LogP contribution in [0.5, 0.6) is 11.5 Å². The minimum atomic E-state index is -3.77. The van der Waals surface area contributed by atoms with Crippen LogP contribution in [-0.4, -0.2) is 51.4 Å². The molecule has 2 heterocycles. The number of fused-ring (bicyclic) bond motifs is 2. The van der Waals surface area contributed by atoms with Crippen LogP contribution >= 0.6 is 0 Å². The highest BCUT2D eigenvalue weighted by Crippen LogP contribution is 2.52. The molecule has 38 heavy (non-hydrogen) atoms. The summed E-state index contributed by atoms with van der Waals surface area (Å²) in [5, 5.41) is 32.3. The zero-order valence-corrected chi connectivity index (χ0v) is 20.9. The molecule has 1 unspecified atom stereocenters. The van der Waals surface area contributed by atoms with E-state index in [1.54, 1.807) is 4.57 Å². The molecule has 8 nitrogen and oxygen atoms in total. The maximum Gasteiger partial charge on any atom is 0.586 e. The highest BCUT2D eigenvalue weighted by molar-refractivity contribution is 6.02. The van der Waals surface area contributed by atoms with Gasteiger partial charge in [0.2, 0.25) is 5.91 Å². The molecule has 1 aromatic heterocycles. The molecule has 11 heteroatoms. The van der Waals surface area contributed by atoms with Gasteiger partial charge in [-0.05, 0) is 49.1 Å². The lowest BCUT2D eigenvalue weighted by Gasteiger charge is -2.27. The Kier molecular flexibility index (Phi) is 6.36. The standard InChI is InChI=1S/C27H29F3N2O6/c1-25(2,7-8-33)23-10-15-9-19(18(28)12-20(15)32(23)13-17(35)14-34)31-24(36)26(5-6-26)16-3-4-21-22(11-16)38-27(29,30)37-21/h3-4,9-12,17,33-35H,5-8,13-14H2,1-2H3,(H,31,36). The molecule has 1 fully saturated rings. The van der Waals surface area contributed by atoms with E-state index in [1.807, 2.05) is 19.9 Å². The number of hydrogen-bond donors (Lipinski definition) is 4. The summed E-state index contributed by atoms with van der Waals surface area (Å²) in [6.07, 6.45) is -3.53. The van der Waals surface area contributed by atoms with E-state index in [4.69, 9.17) is 0 Å². The average Bonchev–Trinajstić information content (AvgIpc) is 3.50. The van der Waals surface area contributed by atoms with E-state index in [0.717, 1.165) is 5.69 Å². The van der Waals surface area contributed by atoms with Gasteiger partial charge in [0.25, 0.3) is 0 Å². The van der Waals surface area contributed by atoms with Crippen molar-refractivity contribution in [3.05, 3.63) is 53.5 Å². The molecule has 1 saturated carbocycles. The van der Waals surface area contributed by atoms with Crippen molar-refractivity contribution in [3.63, 3.8) is 0 Å². The normalized spacial score (nSPS) is 18.0. The molecule has 0 radical (unpaired) electrons. The first kappa shape index (κ1) is 26.3. The topological polar surface area (TPSA) is 113 Å². The van der Waals surface area contributed by atoms with Crippen LogP contribution in [0.2, 0.25) is 0 Å². The molecule has 3 aromatic rings. The number of carbonyl (C=O) groups is 1. The second kappa shape index (κ2) is 9.18. The number of nitrogens with zero attached hydrogens (tertiary/aromatic N) is 1. The van der Waals surface area contributed by atoms with E-state index < -0.39 is 41.6 Å². The van der Waals surface area contributed by atoms with Gasteiger partial charge in [0.15, 0.2) is 11.5 Å². The fourth-order valence-corrected chi connectivity index (χ4v) is 5.07. The summed E-state index contributed by atoms with van der Waals surface area (Å²) in [5.74, 6) is -1.46. The maximum absolute atomic E-state index is 15.3. The molecule has 4 N–H and O–H groups in total. The van der Waals surface area contributed by atoms with E-state index in [-0.39, 0.29) is 30.3 Å². The van der Waals surface area contributed by atoms with Crippen molar-refractivity contribution in [3.8, 4) is 11.5 Å². The average molecular weight is 535 g/mol. The number of nitrogens with one attached hydrogen (secondary N) is 1. The molecular formula is C27H29F3N2O6. The number of aliphatic hydroxyl groups excluding tert-OH is 3. The Morgan fingerprint density at radius 2 is 1.84 bits per heavy atom. The monoisotopic (exact) mass is 534 g/mol. The molecule has 204 valence electrons. The Balaban J connectivity index is 1.46. The predicted octanol–water partition coefficient (Wildman–Crippen LogP) is 3.79. The highest BCUT2D eigenvalue weighted by Gasteiger charge is 2.53. The molecule has 1 aliphatic heterocycles. The molecule has 5 rings (SSSR count). The number of anilines is 1. The highest BCUT2D eigenvalue weighted by atomic mass is 19.3. The summed E-state index contributed by atoms with van der Waals surface area (Å²) >= 11 is 0. The van der Waals surface area contributed by atoms with Crippen molar-refractivity contribution in [2.75, 3.05) is 18.5 Å². The lowest BCUT2D eigenvalue weighted by molar-refractivity contribution is -0.286. The second-order valence-electron chi connectivity index (χ2n) is 10.6. The number of carbonyl (C=O) groups excluding carboxylic acids is 1. The van der Waals surface area contributed by atoms with Gasteiger partial charge in [-0.15, -0.1) is 8.78 Å². The van der Waals surface area contributed by atoms with Gasteiger partial charge in [0.1, 0.15) is 5.82 Å². The van der Waals surface area contributed by atoms with Gasteiger partial charge in [-0.2, -0.15) is 0 Å². The largest absolute Gasteiger partial charge is 0.586 e. The Morgan fingerprint density at radius 3 is 2.50 bits per heavy atom. The predicted molar refractivity (Wildman–Crippen MR) is 132 cm³/mol. The SMILES string of the molecule is CC(C)(CCO)c1cc2cc(NC(=O)C3(c4ccc5c(c4)OC(F)(F)O5)CC3)c(F)cc2n1CC(O)CO. The Bertz CT molecular complexity index is 1400. The van der Waals surface area contributed by atoms with Crippen LogP contribution < -0.4 is 14.8 Å². The lowest BCUT2D eigenvalue weighted by atomic mass is 9.85. The van der Waals surface area contributed by atoms with Gasteiger partial charge in [-0.3, -0.25) is 4.79 Å². The number of ether oxygens (including phenoxy) is 2. The number of halogens is 3. The van der Waals surface area contributed by atoms with Crippen molar-refractivity contribution < 1.29 is 42.8 Å². The summed E-state index contributed by atoms with van der Waals surface area (Å²) < 4.78 is 52.8. The second-order valence-corrected chi connectivity index (χ2v) is 10.6. The van der Waals surface area contributed by atoms with E-state index >= 15 is 4.39 Å². The summed E-state index contributed by atoms with van der Waals surface area (Å²) in [4.78, 5) is 13.3. The van der Waals surface area contributed by atoms with Gasteiger partial charge in [-0.1, -0.05) is 19.9 Å². The van der Waals surface area contributed by atoms with Crippen LogP contribution in [0.1, 0.15) is 44.4 Å². The molecule has 0 saturated heterocycles. The zero-order valence-electron chi connectivity index (χ0n) is 20.9. The Labute approximate surface area is 216 Å². The van der Waals surface area contributed by atoms with Crippen LogP contribution in [0.4, 0.5) is 18.9 Å². The zero-order chi connectivity index (χ0) is 27.5. The van der Waals surface area contributed by atoms with Gasteiger partial charge >= 0.3 is 6.29 Å². The minimum Gasteiger partial charge on any atom is -0.396 e. The van der Waals surface area contributed by atoms with Crippen LogP contribution in [0.3, 0.4) is 0 Å². The molecule has 2 aromatic carbocycles. The van der Waals surface area contributed by atoms with E-state index in [0.29, 0.717) is 35.7 Å². The third-order valence-corrected chi connectivity index (χ3v) is 7.41. The summed E-state index contributed by atoms with van der Waals surface area (Å²) in [6.45, 7) is 3.29. The molecule has 0 bridgehead atoms. The molecule has 1 atom stereocenters. The van der Waals surface area contributed by atoms with Crippen LogP contribution in [0.15, 0.2) is 36.4 Å². The third-order valence-electron chi connectivity index (χ3n) is 7.41. The van der Waals surface area contributed by atoms with Crippen molar-refractivity contribution in [1.29, 1.82) is 0 Å². The first-order chi connectivity index (χ1) is 17.9. The number of amides is 1. The third kappa shape index (κ3) is 4.59.